The molecule has 0 aromatic heterocycles. The summed E-state index contributed by atoms with van der Waals surface area (Å²) in [5.41, 5.74) is 2.44. The van der Waals surface area contributed by atoms with Gasteiger partial charge in [-0.25, -0.2) is 0 Å². The predicted octanol–water partition coefficient (Wildman–Crippen LogP) is 3.75. The Morgan fingerprint density at radius 1 is 0.958 bits per heavy atom. The Hall–Kier alpha value is -2.82. The largest absolute Gasteiger partial charge is 0.484 e. The minimum atomic E-state index is -0.237. The van der Waals surface area contributed by atoms with Crippen LogP contribution in [0, 0.1) is 6.92 Å². The first-order chi connectivity index (χ1) is 11.6. The molecular weight excluding hydrogens is 304 g/mol. The summed E-state index contributed by atoms with van der Waals surface area (Å²) in [5, 5.41) is 5.55. The van der Waals surface area contributed by atoms with Crippen LogP contribution in [-0.2, 0) is 9.59 Å². The smallest absolute Gasteiger partial charge is 0.262 e. The van der Waals surface area contributed by atoms with Crippen LogP contribution in [-0.4, -0.2) is 18.4 Å². The van der Waals surface area contributed by atoms with Gasteiger partial charge in [0, 0.05) is 17.8 Å². The normalized spacial score (nSPS) is 10.1. The fourth-order valence-corrected chi connectivity index (χ4v) is 2.14. The first-order valence-corrected chi connectivity index (χ1v) is 7.96. The molecule has 0 aliphatic rings. The van der Waals surface area contributed by atoms with Crippen molar-refractivity contribution in [3.05, 3.63) is 54.1 Å². The molecule has 126 valence electrons. The monoisotopic (exact) mass is 326 g/mol. The van der Waals surface area contributed by atoms with E-state index in [0.717, 1.165) is 12.0 Å². The Morgan fingerprint density at radius 2 is 1.58 bits per heavy atom. The number of carbonyl (C=O) groups is 2. The standard InChI is InChI=1S/C19H22N2O3/c1-3-5-18(22)20-15-8-10-16(11-9-15)21-19(23)13-24-17-7-4-6-14(2)12-17/h4,6-12H,3,5,13H2,1-2H3,(H,20,22)(H,21,23). The highest BCUT2D eigenvalue weighted by Crippen LogP contribution is 2.15. The van der Waals surface area contributed by atoms with Crippen molar-refractivity contribution >= 4 is 23.2 Å². The lowest BCUT2D eigenvalue weighted by Crippen LogP contribution is -2.20. The van der Waals surface area contributed by atoms with E-state index < -0.39 is 0 Å². The number of amides is 2. The third kappa shape index (κ3) is 5.76. The Kier molecular flexibility index (Phi) is 6.37. The average molecular weight is 326 g/mol. The van der Waals surface area contributed by atoms with Crippen molar-refractivity contribution in [3.8, 4) is 5.75 Å². The highest BCUT2D eigenvalue weighted by molar-refractivity contribution is 5.93. The second-order valence-electron chi connectivity index (χ2n) is 5.53. The van der Waals surface area contributed by atoms with Crippen molar-refractivity contribution in [1.82, 2.24) is 0 Å². The van der Waals surface area contributed by atoms with E-state index >= 15 is 0 Å². The van der Waals surface area contributed by atoms with Gasteiger partial charge >= 0.3 is 0 Å². The predicted molar refractivity (Wildman–Crippen MR) is 95.3 cm³/mol. The first kappa shape index (κ1) is 17.5. The van der Waals surface area contributed by atoms with E-state index in [1.54, 1.807) is 24.3 Å². The van der Waals surface area contributed by atoms with Crippen LogP contribution in [0.5, 0.6) is 5.75 Å². The van der Waals surface area contributed by atoms with Gasteiger partial charge in [-0.3, -0.25) is 9.59 Å². The van der Waals surface area contributed by atoms with Gasteiger partial charge in [0.15, 0.2) is 6.61 Å². The summed E-state index contributed by atoms with van der Waals surface area (Å²) in [5.74, 6) is 0.416. The molecule has 0 aliphatic heterocycles. The van der Waals surface area contributed by atoms with E-state index in [0.29, 0.717) is 23.5 Å². The van der Waals surface area contributed by atoms with Crippen LogP contribution in [0.25, 0.3) is 0 Å². The molecule has 0 unspecified atom stereocenters. The number of rotatable bonds is 7. The van der Waals surface area contributed by atoms with Gasteiger partial charge in [0.05, 0.1) is 0 Å². The molecule has 0 spiro atoms. The molecule has 0 saturated carbocycles. The number of carbonyl (C=O) groups excluding carboxylic acids is 2. The maximum absolute atomic E-state index is 11.9. The van der Waals surface area contributed by atoms with Crippen molar-refractivity contribution in [2.75, 3.05) is 17.2 Å². The van der Waals surface area contributed by atoms with Crippen LogP contribution >= 0.6 is 0 Å². The Morgan fingerprint density at radius 3 is 2.17 bits per heavy atom. The van der Waals surface area contributed by atoms with Crippen LogP contribution in [0.2, 0.25) is 0 Å². The summed E-state index contributed by atoms with van der Waals surface area (Å²) >= 11 is 0. The lowest BCUT2D eigenvalue weighted by Gasteiger charge is -2.09. The second-order valence-corrected chi connectivity index (χ2v) is 5.53. The minimum Gasteiger partial charge on any atom is -0.484 e. The summed E-state index contributed by atoms with van der Waals surface area (Å²) in [4.78, 5) is 23.4. The topological polar surface area (TPSA) is 67.4 Å². The van der Waals surface area contributed by atoms with E-state index in [-0.39, 0.29) is 18.4 Å². The van der Waals surface area contributed by atoms with Crippen LogP contribution in [0.4, 0.5) is 11.4 Å². The molecule has 24 heavy (non-hydrogen) atoms. The van der Waals surface area contributed by atoms with E-state index in [2.05, 4.69) is 10.6 Å². The number of hydrogen-bond donors (Lipinski definition) is 2. The first-order valence-electron chi connectivity index (χ1n) is 7.96. The molecule has 0 radical (unpaired) electrons. The lowest BCUT2D eigenvalue weighted by molar-refractivity contribution is -0.118. The fraction of sp³-hybridized carbons (Fsp3) is 0.263. The molecule has 2 aromatic carbocycles. The lowest BCUT2D eigenvalue weighted by atomic mass is 10.2. The minimum absolute atomic E-state index is 0.0131. The number of anilines is 2. The molecule has 2 N–H and O–H groups in total. The highest BCUT2D eigenvalue weighted by Gasteiger charge is 2.05. The number of ether oxygens (including phenoxy) is 1. The van der Waals surface area contributed by atoms with E-state index in [4.69, 9.17) is 4.74 Å². The number of hydrogen-bond acceptors (Lipinski definition) is 3. The van der Waals surface area contributed by atoms with E-state index in [9.17, 15) is 9.59 Å². The van der Waals surface area contributed by atoms with Gasteiger partial charge < -0.3 is 15.4 Å². The summed E-state index contributed by atoms with van der Waals surface area (Å²) in [6.45, 7) is 3.86. The van der Waals surface area contributed by atoms with Gasteiger partial charge in [0.25, 0.3) is 5.91 Å². The quantitative estimate of drug-likeness (QED) is 0.814. The van der Waals surface area contributed by atoms with Crippen molar-refractivity contribution in [2.24, 2.45) is 0 Å². The van der Waals surface area contributed by atoms with Gasteiger partial charge in [-0.2, -0.15) is 0 Å². The summed E-state index contributed by atoms with van der Waals surface area (Å²) < 4.78 is 5.46. The van der Waals surface area contributed by atoms with Crippen LogP contribution < -0.4 is 15.4 Å². The molecule has 0 aliphatic carbocycles. The molecule has 2 amide bonds. The molecule has 2 aromatic rings. The maximum Gasteiger partial charge on any atom is 0.262 e. The maximum atomic E-state index is 11.9. The van der Waals surface area contributed by atoms with Crippen LogP contribution in [0.15, 0.2) is 48.5 Å². The van der Waals surface area contributed by atoms with Gasteiger partial charge in [-0.1, -0.05) is 19.1 Å². The zero-order valence-corrected chi connectivity index (χ0v) is 14.0. The molecule has 0 saturated heterocycles. The molecule has 2 rings (SSSR count). The van der Waals surface area contributed by atoms with E-state index in [1.165, 1.54) is 0 Å². The summed E-state index contributed by atoms with van der Waals surface area (Å²) in [6, 6.07) is 14.5. The Balaban J connectivity index is 1.82. The highest BCUT2D eigenvalue weighted by atomic mass is 16.5. The van der Waals surface area contributed by atoms with Crippen LogP contribution in [0.3, 0.4) is 0 Å². The zero-order chi connectivity index (χ0) is 17.4. The van der Waals surface area contributed by atoms with Gasteiger partial charge in [-0.05, 0) is 55.3 Å². The Labute approximate surface area is 142 Å². The fourth-order valence-electron chi connectivity index (χ4n) is 2.14. The van der Waals surface area contributed by atoms with Crippen molar-refractivity contribution in [1.29, 1.82) is 0 Å². The van der Waals surface area contributed by atoms with Gasteiger partial charge in [-0.15, -0.1) is 0 Å². The molecule has 0 bridgehead atoms. The molecular formula is C19H22N2O3. The van der Waals surface area contributed by atoms with Crippen LogP contribution in [0.1, 0.15) is 25.3 Å². The molecule has 0 fully saturated rings. The second kappa shape index (κ2) is 8.72. The zero-order valence-electron chi connectivity index (χ0n) is 14.0. The molecule has 0 heterocycles. The van der Waals surface area contributed by atoms with Gasteiger partial charge in [0.2, 0.25) is 5.91 Å². The Bertz CT molecular complexity index is 696. The van der Waals surface area contributed by atoms with Crippen molar-refractivity contribution < 1.29 is 14.3 Å². The van der Waals surface area contributed by atoms with E-state index in [1.807, 2.05) is 38.1 Å². The molecule has 0 atom stereocenters. The van der Waals surface area contributed by atoms with Crippen molar-refractivity contribution in [2.45, 2.75) is 26.7 Å². The number of benzene rings is 2. The van der Waals surface area contributed by atoms with Crippen molar-refractivity contribution in [3.63, 3.8) is 0 Å². The third-order valence-electron chi connectivity index (χ3n) is 3.29. The molecule has 5 nitrogen and oxygen atoms in total. The third-order valence-corrected chi connectivity index (χ3v) is 3.29. The number of nitrogens with one attached hydrogen (secondary N) is 2. The number of aryl methyl sites for hydroxylation is 1. The summed E-state index contributed by atoms with van der Waals surface area (Å²) in [7, 11) is 0. The summed E-state index contributed by atoms with van der Waals surface area (Å²) in [6.07, 6.45) is 1.30. The average Bonchev–Trinajstić information content (AvgIpc) is 2.55. The SMILES string of the molecule is CCCC(=O)Nc1ccc(NC(=O)COc2cccc(C)c2)cc1. The van der Waals surface area contributed by atoms with Gasteiger partial charge in [0.1, 0.15) is 5.75 Å². The molecule has 5 heteroatoms.